The maximum absolute atomic E-state index is 5.63. The standard InChI is InChI=1S/C14H30N2O2/c1-3-4-10-17-12-7-15-6-9-16-8-5-11-18-14(2)13-16/h14-15H,3-13H2,1-2H3. The van der Waals surface area contributed by atoms with Gasteiger partial charge in [-0.05, 0) is 19.8 Å². The Morgan fingerprint density at radius 3 is 3.06 bits per heavy atom. The number of nitrogens with one attached hydrogen (secondary N) is 1. The molecule has 1 aliphatic rings. The van der Waals surface area contributed by atoms with Crippen LogP contribution in [0.5, 0.6) is 0 Å². The zero-order valence-electron chi connectivity index (χ0n) is 12.1. The molecule has 0 bridgehead atoms. The van der Waals surface area contributed by atoms with Crippen LogP contribution in [-0.4, -0.2) is 63.5 Å². The van der Waals surface area contributed by atoms with Gasteiger partial charge in [-0.2, -0.15) is 0 Å². The molecule has 0 spiro atoms. The average Bonchev–Trinajstić information content (AvgIpc) is 2.57. The van der Waals surface area contributed by atoms with Crippen LogP contribution in [0.2, 0.25) is 0 Å². The first-order valence-electron chi connectivity index (χ1n) is 7.45. The van der Waals surface area contributed by atoms with Crippen molar-refractivity contribution < 1.29 is 9.47 Å². The van der Waals surface area contributed by atoms with Crippen molar-refractivity contribution in [1.82, 2.24) is 10.2 Å². The van der Waals surface area contributed by atoms with Crippen molar-refractivity contribution in [2.75, 3.05) is 52.5 Å². The van der Waals surface area contributed by atoms with E-state index in [1.807, 2.05) is 0 Å². The summed E-state index contributed by atoms with van der Waals surface area (Å²) in [5.41, 5.74) is 0. The Bertz CT molecular complexity index is 191. The Labute approximate surface area is 112 Å². The first-order valence-corrected chi connectivity index (χ1v) is 7.45. The molecule has 1 saturated heterocycles. The Kier molecular flexibility index (Phi) is 9.48. The van der Waals surface area contributed by atoms with E-state index >= 15 is 0 Å². The molecule has 0 amide bonds. The van der Waals surface area contributed by atoms with Gasteiger partial charge in [0.15, 0.2) is 0 Å². The zero-order chi connectivity index (χ0) is 13.1. The average molecular weight is 258 g/mol. The molecule has 1 heterocycles. The molecule has 0 aromatic carbocycles. The lowest BCUT2D eigenvalue weighted by molar-refractivity contribution is 0.0677. The van der Waals surface area contributed by atoms with Crippen LogP contribution in [0.15, 0.2) is 0 Å². The van der Waals surface area contributed by atoms with Gasteiger partial charge >= 0.3 is 0 Å². The highest BCUT2D eigenvalue weighted by molar-refractivity contribution is 4.67. The molecule has 1 aliphatic heterocycles. The summed E-state index contributed by atoms with van der Waals surface area (Å²) in [4.78, 5) is 2.49. The van der Waals surface area contributed by atoms with Crippen LogP contribution in [0, 0.1) is 0 Å². The first-order chi connectivity index (χ1) is 8.83. The Morgan fingerprint density at radius 2 is 2.22 bits per heavy atom. The highest BCUT2D eigenvalue weighted by Crippen LogP contribution is 2.04. The summed E-state index contributed by atoms with van der Waals surface area (Å²) in [5, 5.41) is 3.44. The highest BCUT2D eigenvalue weighted by Gasteiger charge is 2.13. The lowest BCUT2D eigenvalue weighted by atomic mass is 10.3. The van der Waals surface area contributed by atoms with E-state index in [0.717, 1.165) is 52.4 Å². The van der Waals surface area contributed by atoms with E-state index in [2.05, 4.69) is 24.1 Å². The molecule has 0 aliphatic carbocycles. The van der Waals surface area contributed by atoms with Gasteiger partial charge in [-0.25, -0.2) is 0 Å². The molecular weight excluding hydrogens is 228 g/mol. The van der Waals surface area contributed by atoms with E-state index in [1.54, 1.807) is 0 Å². The van der Waals surface area contributed by atoms with Crippen LogP contribution in [-0.2, 0) is 9.47 Å². The lowest BCUT2D eigenvalue weighted by Crippen LogP contribution is -2.36. The molecular formula is C14H30N2O2. The molecule has 1 fully saturated rings. The SMILES string of the molecule is CCCCOCCNCCN1CCCOC(C)C1. The van der Waals surface area contributed by atoms with E-state index in [4.69, 9.17) is 9.47 Å². The predicted molar refractivity (Wildman–Crippen MR) is 75.1 cm³/mol. The second-order valence-electron chi connectivity index (χ2n) is 5.05. The monoisotopic (exact) mass is 258 g/mol. The van der Waals surface area contributed by atoms with E-state index in [-0.39, 0.29) is 0 Å². The van der Waals surface area contributed by atoms with Crippen molar-refractivity contribution in [3.8, 4) is 0 Å². The van der Waals surface area contributed by atoms with Crippen LogP contribution in [0.4, 0.5) is 0 Å². The summed E-state index contributed by atoms with van der Waals surface area (Å²) in [6, 6.07) is 0. The fourth-order valence-corrected chi connectivity index (χ4v) is 2.14. The maximum Gasteiger partial charge on any atom is 0.0673 e. The fourth-order valence-electron chi connectivity index (χ4n) is 2.14. The molecule has 1 atom stereocenters. The topological polar surface area (TPSA) is 33.7 Å². The maximum atomic E-state index is 5.63. The minimum atomic E-state index is 0.380. The molecule has 4 nitrogen and oxygen atoms in total. The van der Waals surface area contributed by atoms with Crippen LogP contribution < -0.4 is 5.32 Å². The minimum Gasteiger partial charge on any atom is -0.380 e. The number of unbranched alkanes of at least 4 members (excludes halogenated alkanes) is 1. The predicted octanol–water partition coefficient (Wildman–Crippen LogP) is 1.50. The largest absolute Gasteiger partial charge is 0.380 e. The van der Waals surface area contributed by atoms with Gasteiger partial charge in [0.05, 0.1) is 12.7 Å². The lowest BCUT2D eigenvalue weighted by Gasteiger charge is -2.21. The second kappa shape index (κ2) is 10.7. The highest BCUT2D eigenvalue weighted by atomic mass is 16.5. The summed E-state index contributed by atoms with van der Waals surface area (Å²) in [5.74, 6) is 0. The van der Waals surface area contributed by atoms with Gasteiger partial charge in [0, 0.05) is 45.9 Å². The Hall–Kier alpha value is -0.160. The fraction of sp³-hybridized carbons (Fsp3) is 1.00. The van der Waals surface area contributed by atoms with Gasteiger partial charge in [-0.3, -0.25) is 4.90 Å². The minimum absolute atomic E-state index is 0.380. The zero-order valence-corrected chi connectivity index (χ0v) is 12.1. The molecule has 0 aromatic rings. The molecule has 4 heteroatoms. The molecule has 108 valence electrons. The van der Waals surface area contributed by atoms with Gasteiger partial charge in [-0.15, -0.1) is 0 Å². The van der Waals surface area contributed by atoms with Crippen LogP contribution in [0.25, 0.3) is 0 Å². The second-order valence-corrected chi connectivity index (χ2v) is 5.05. The number of rotatable bonds is 9. The number of nitrogens with zero attached hydrogens (tertiary/aromatic N) is 1. The molecule has 0 radical (unpaired) electrons. The molecule has 0 saturated carbocycles. The van der Waals surface area contributed by atoms with Crippen LogP contribution in [0.3, 0.4) is 0 Å². The van der Waals surface area contributed by atoms with Crippen molar-refractivity contribution in [3.63, 3.8) is 0 Å². The van der Waals surface area contributed by atoms with Crippen molar-refractivity contribution >= 4 is 0 Å². The van der Waals surface area contributed by atoms with E-state index in [9.17, 15) is 0 Å². The molecule has 1 rings (SSSR count). The molecule has 0 aromatic heterocycles. The number of ether oxygens (including phenoxy) is 2. The number of hydrogen-bond donors (Lipinski definition) is 1. The third kappa shape index (κ3) is 8.03. The van der Waals surface area contributed by atoms with Crippen molar-refractivity contribution in [3.05, 3.63) is 0 Å². The van der Waals surface area contributed by atoms with Gasteiger partial charge in [0.2, 0.25) is 0 Å². The van der Waals surface area contributed by atoms with Crippen LogP contribution in [0.1, 0.15) is 33.1 Å². The van der Waals surface area contributed by atoms with Crippen LogP contribution >= 0.6 is 0 Å². The quantitative estimate of drug-likeness (QED) is 0.636. The third-order valence-corrected chi connectivity index (χ3v) is 3.21. The van der Waals surface area contributed by atoms with Gasteiger partial charge in [-0.1, -0.05) is 13.3 Å². The summed E-state index contributed by atoms with van der Waals surface area (Å²) >= 11 is 0. The Balaban J connectivity index is 1.90. The van der Waals surface area contributed by atoms with Crippen molar-refractivity contribution in [1.29, 1.82) is 0 Å². The third-order valence-electron chi connectivity index (χ3n) is 3.21. The molecule has 1 unspecified atom stereocenters. The summed E-state index contributed by atoms with van der Waals surface area (Å²) in [6.45, 7) is 12.3. The number of hydrogen-bond acceptors (Lipinski definition) is 4. The van der Waals surface area contributed by atoms with E-state index in [1.165, 1.54) is 19.4 Å². The van der Waals surface area contributed by atoms with Crippen molar-refractivity contribution in [2.45, 2.75) is 39.2 Å². The summed E-state index contributed by atoms with van der Waals surface area (Å²) < 4.78 is 11.1. The van der Waals surface area contributed by atoms with E-state index < -0.39 is 0 Å². The summed E-state index contributed by atoms with van der Waals surface area (Å²) in [7, 11) is 0. The molecule has 18 heavy (non-hydrogen) atoms. The van der Waals surface area contributed by atoms with Gasteiger partial charge < -0.3 is 14.8 Å². The van der Waals surface area contributed by atoms with Gasteiger partial charge in [0.1, 0.15) is 0 Å². The van der Waals surface area contributed by atoms with E-state index in [0.29, 0.717) is 6.10 Å². The Morgan fingerprint density at radius 1 is 1.33 bits per heavy atom. The smallest absolute Gasteiger partial charge is 0.0673 e. The first kappa shape index (κ1) is 15.9. The summed E-state index contributed by atoms with van der Waals surface area (Å²) in [6.07, 6.45) is 3.92. The van der Waals surface area contributed by atoms with Crippen molar-refractivity contribution in [2.24, 2.45) is 0 Å². The molecule has 1 N–H and O–H groups in total. The van der Waals surface area contributed by atoms with Gasteiger partial charge in [0.25, 0.3) is 0 Å². The normalized spacial score (nSPS) is 22.0.